The number of carbonyl (C=O) groups is 1. The monoisotopic (exact) mass is 316 g/mol. The standard InChI is InChI=1S/C13H12N6O2S/c1-8-5-10(19-21-8)17-11(20)6-9-7-22-13(16-9)18-12-14-3-2-4-15-12/h2-5,7H,6H2,1H3,(H,17,19,20)(H,14,15,16,18). The summed E-state index contributed by atoms with van der Waals surface area (Å²) in [5.41, 5.74) is 0.654. The predicted octanol–water partition coefficient (Wildman–Crippen LogP) is 2.15. The van der Waals surface area contributed by atoms with Crippen LogP contribution in [-0.2, 0) is 11.2 Å². The van der Waals surface area contributed by atoms with E-state index >= 15 is 0 Å². The number of hydrogen-bond acceptors (Lipinski definition) is 8. The summed E-state index contributed by atoms with van der Waals surface area (Å²) in [5.74, 6) is 1.29. The highest BCUT2D eigenvalue weighted by Crippen LogP contribution is 2.19. The van der Waals surface area contributed by atoms with Gasteiger partial charge < -0.3 is 15.2 Å². The van der Waals surface area contributed by atoms with Crippen LogP contribution in [0.1, 0.15) is 11.5 Å². The number of hydrogen-bond donors (Lipinski definition) is 2. The normalized spacial score (nSPS) is 10.4. The number of rotatable bonds is 5. The molecule has 0 radical (unpaired) electrons. The van der Waals surface area contributed by atoms with Crippen LogP contribution >= 0.6 is 11.3 Å². The smallest absolute Gasteiger partial charge is 0.231 e. The Hall–Kier alpha value is -2.81. The largest absolute Gasteiger partial charge is 0.360 e. The third kappa shape index (κ3) is 3.64. The highest BCUT2D eigenvalue weighted by molar-refractivity contribution is 7.13. The molecule has 0 fully saturated rings. The summed E-state index contributed by atoms with van der Waals surface area (Å²) >= 11 is 1.38. The minimum absolute atomic E-state index is 0.153. The highest BCUT2D eigenvalue weighted by Gasteiger charge is 2.10. The quantitative estimate of drug-likeness (QED) is 0.743. The fraction of sp³-hybridized carbons (Fsp3) is 0.154. The number of carbonyl (C=O) groups excluding carboxylic acids is 1. The van der Waals surface area contributed by atoms with Crippen molar-refractivity contribution in [3.63, 3.8) is 0 Å². The van der Waals surface area contributed by atoms with Crippen LogP contribution in [0, 0.1) is 6.92 Å². The second-order valence-electron chi connectivity index (χ2n) is 4.39. The second kappa shape index (κ2) is 6.31. The number of thiazole rings is 1. The average Bonchev–Trinajstić information content (AvgIpc) is 3.09. The van der Waals surface area contributed by atoms with Gasteiger partial charge in [-0.15, -0.1) is 11.3 Å². The van der Waals surface area contributed by atoms with Gasteiger partial charge in [-0.25, -0.2) is 15.0 Å². The molecule has 0 spiro atoms. The van der Waals surface area contributed by atoms with E-state index in [0.717, 1.165) is 0 Å². The molecule has 0 saturated heterocycles. The Labute approximate surface area is 129 Å². The van der Waals surface area contributed by atoms with Gasteiger partial charge in [-0.05, 0) is 13.0 Å². The Balaban J connectivity index is 1.58. The molecule has 0 aliphatic heterocycles. The number of nitrogens with zero attached hydrogens (tertiary/aromatic N) is 4. The van der Waals surface area contributed by atoms with Gasteiger partial charge in [0, 0.05) is 23.8 Å². The summed E-state index contributed by atoms with van der Waals surface area (Å²) in [6, 6.07) is 3.38. The van der Waals surface area contributed by atoms with E-state index in [9.17, 15) is 4.79 Å². The minimum Gasteiger partial charge on any atom is -0.360 e. The summed E-state index contributed by atoms with van der Waals surface area (Å²) in [7, 11) is 0. The van der Waals surface area contributed by atoms with E-state index in [0.29, 0.717) is 28.4 Å². The van der Waals surface area contributed by atoms with Gasteiger partial charge >= 0.3 is 0 Å². The van der Waals surface area contributed by atoms with Crippen LogP contribution in [0.3, 0.4) is 0 Å². The predicted molar refractivity (Wildman–Crippen MR) is 81.0 cm³/mol. The van der Waals surface area contributed by atoms with Gasteiger partial charge in [0.15, 0.2) is 10.9 Å². The number of anilines is 3. The molecule has 0 unspecified atom stereocenters. The Bertz CT molecular complexity index is 770. The molecule has 8 nitrogen and oxygen atoms in total. The van der Waals surface area contributed by atoms with Crippen molar-refractivity contribution in [3.05, 3.63) is 41.4 Å². The molecule has 9 heteroatoms. The topological polar surface area (TPSA) is 106 Å². The van der Waals surface area contributed by atoms with E-state index in [4.69, 9.17) is 4.52 Å². The maximum Gasteiger partial charge on any atom is 0.231 e. The van der Waals surface area contributed by atoms with Gasteiger partial charge in [0.1, 0.15) is 5.76 Å². The lowest BCUT2D eigenvalue weighted by atomic mass is 10.3. The van der Waals surface area contributed by atoms with Crippen molar-refractivity contribution < 1.29 is 9.32 Å². The molecule has 3 rings (SSSR count). The van der Waals surface area contributed by atoms with Gasteiger partial charge in [-0.3, -0.25) is 4.79 Å². The first-order chi connectivity index (χ1) is 10.7. The highest BCUT2D eigenvalue weighted by atomic mass is 32.1. The second-order valence-corrected chi connectivity index (χ2v) is 5.25. The molecule has 2 N–H and O–H groups in total. The molecule has 1 amide bonds. The van der Waals surface area contributed by atoms with Gasteiger partial charge in [0.05, 0.1) is 12.1 Å². The molecule has 0 bridgehead atoms. The zero-order valence-corrected chi connectivity index (χ0v) is 12.4. The maximum absolute atomic E-state index is 11.9. The van der Waals surface area contributed by atoms with Crippen molar-refractivity contribution in [2.24, 2.45) is 0 Å². The lowest BCUT2D eigenvalue weighted by Gasteiger charge is -1.99. The lowest BCUT2D eigenvalue weighted by Crippen LogP contribution is -2.14. The van der Waals surface area contributed by atoms with Gasteiger partial charge in [-0.2, -0.15) is 0 Å². The van der Waals surface area contributed by atoms with Crippen LogP contribution in [-0.4, -0.2) is 26.0 Å². The number of nitrogens with one attached hydrogen (secondary N) is 2. The molecule has 0 atom stereocenters. The third-order valence-corrected chi connectivity index (χ3v) is 3.38. The molecule has 0 aromatic carbocycles. The van der Waals surface area contributed by atoms with Crippen LogP contribution in [0.25, 0.3) is 0 Å². The summed E-state index contributed by atoms with van der Waals surface area (Å²) in [4.78, 5) is 24.3. The summed E-state index contributed by atoms with van der Waals surface area (Å²) < 4.78 is 4.88. The van der Waals surface area contributed by atoms with E-state index in [1.54, 1.807) is 36.8 Å². The first-order valence-electron chi connectivity index (χ1n) is 6.40. The van der Waals surface area contributed by atoms with Crippen LogP contribution in [0.2, 0.25) is 0 Å². The average molecular weight is 316 g/mol. The molecule has 3 aromatic heterocycles. The van der Waals surface area contributed by atoms with Crippen LogP contribution in [0.15, 0.2) is 34.4 Å². The number of aromatic nitrogens is 4. The fourth-order valence-corrected chi connectivity index (χ4v) is 2.39. The van der Waals surface area contributed by atoms with Crippen LogP contribution in [0.5, 0.6) is 0 Å². The molecular formula is C13H12N6O2S. The Morgan fingerprint density at radius 1 is 1.36 bits per heavy atom. The third-order valence-electron chi connectivity index (χ3n) is 2.57. The van der Waals surface area contributed by atoms with E-state index in [1.807, 2.05) is 0 Å². The number of amides is 1. The van der Waals surface area contributed by atoms with Crippen molar-refractivity contribution in [1.29, 1.82) is 0 Å². The first-order valence-corrected chi connectivity index (χ1v) is 7.28. The van der Waals surface area contributed by atoms with E-state index in [2.05, 4.69) is 30.7 Å². The molecule has 0 aliphatic carbocycles. The first kappa shape index (κ1) is 14.1. The van der Waals surface area contributed by atoms with Crippen molar-refractivity contribution in [2.75, 3.05) is 10.6 Å². The lowest BCUT2D eigenvalue weighted by molar-refractivity contribution is -0.115. The molecular weight excluding hydrogens is 304 g/mol. The SMILES string of the molecule is Cc1cc(NC(=O)Cc2csc(Nc3ncccn3)n2)no1. The summed E-state index contributed by atoms with van der Waals surface area (Å²) in [6.07, 6.45) is 3.42. The van der Waals surface area contributed by atoms with E-state index in [1.165, 1.54) is 11.3 Å². The zero-order valence-electron chi connectivity index (χ0n) is 11.6. The molecule has 3 aromatic rings. The van der Waals surface area contributed by atoms with Crippen molar-refractivity contribution in [2.45, 2.75) is 13.3 Å². The van der Waals surface area contributed by atoms with Crippen molar-refractivity contribution in [3.8, 4) is 0 Å². The fourth-order valence-electron chi connectivity index (χ4n) is 1.68. The summed E-state index contributed by atoms with van der Waals surface area (Å²) in [6.45, 7) is 1.76. The van der Waals surface area contributed by atoms with Crippen molar-refractivity contribution in [1.82, 2.24) is 20.1 Å². The van der Waals surface area contributed by atoms with Gasteiger partial charge in [0.2, 0.25) is 11.9 Å². The van der Waals surface area contributed by atoms with E-state index < -0.39 is 0 Å². The Kier molecular flexibility index (Phi) is 4.05. The zero-order chi connectivity index (χ0) is 15.4. The van der Waals surface area contributed by atoms with Gasteiger partial charge in [-0.1, -0.05) is 5.16 Å². The summed E-state index contributed by atoms with van der Waals surface area (Å²) in [5, 5.41) is 11.8. The van der Waals surface area contributed by atoms with Crippen LogP contribution in [0.4, 0.5) is 16.9 Å². The molecule has 22 heavy (non-hydrogen) atoms. The number of aryl methyl sites for hydroxylation is 1. The Morgan fingerprint density at radius 2 is 2.18 bits per heavy atom. The van der Waals surface area contributed by atoms with Crippen LogP contribution < -0.4 is 10.6 Å². The van der Waals surface area contributed by atoms with Crippen molar-refractivity contribution >= 4 is 34.1 Å². The van der Waals surface area contributed by atoms with Gasteiger partial charge in [0.25, 0.3) is 0 Å². The molecule has 112 valence electrons. The minimum atomic E-state index is -0.207. The van der Waals surface area contributed by atoms with E-state index in [-0.39, 0.29) is 12.3 Å². The molecule has 0 saturated carbocycles. The maximum atomic E-state index is 11.9. The Morgan fingerprint density at radius 3 is 2.91 bits per heavy atom. The molecule has 3 heterocycles. The molecule has 0 aliphatic rings.